The molecule has 0 bridgehead atoms. The van der Waals surface area contributed by atoms with Crippen LogP contribution in [0.4, 0.5) is 4.39 Å². The molecule has 0 saturated carbocycles. The summed E-state index contributed by atoms with van der Waals surface area (Å²) in [5.41, 5.74) is 6.23. The Balaban J connectivity index is 1.52. The summed E-state index contributed by atoms with van der Waals surface area (Å²) in [7, 11) is 0. The Morgan fingerprint density at radius 3 is 2.59 bits per heavy atom. The molecule has 0 aliphatic rings. The van der Waals surface area contributed by atoms with E-state index in [0.29, 0.717) is 5.56 Å². The van der Waals surface area contributed by atoms with Gasteiger partial charge in [-0.15, -0.1) is 0 Å². The van der Waals surface area contributed by atoms with Gasteiger partial charge < -0.3 is 10.1 Å². The maximum atomic E-state index is 13.9. The molecule has 0 aliphatic heterocycles. The van der Waals surface area contributed by atoms with Crippen molar-refractivity contribution in [1.29, 1.82) is 0 Å². The van der Waals surface area contributed by atoms with Gasteiger partial charge in [-0.2, -0.15) is 5.10 Å². The molecule has 0 amide bonds. The first-order valence-electron chi connectivity index (χ1n) is 10.0. The molecule has 2 aromatic carbocycles. The van der Waals surface area contributed by atoms with Crippen molar-refractivity contribution in [3.05, 3.63) is 84.9 Å². The molecular formula is C25H16FN5O. The van der Waals surface area contributed by atoms with Gasteiger partial charge in [-0.3, -0.25) is 15.1 Å². The first-order valence-corrected chi connectivity index (χ1v) is 10.0. The van der Waals surface area contributed by atoms with Crippen LogP contribution in [-0.2, 0) is 0 Å². The van der Waals surface area contributed by atoms with E-state index >= 15 is 0 Å². The number of hydrogen-bond donors (Lipinski definition) is 3. The summed E-state index contributed by atoms with van der Waals surface area (Å²) in [4.78, 5) is 12.3. The van der Waals surface area contributed by atoms with Gasteiger partial charge in [0, 0.05) is 28.6 Å². The third kappa shape index (κ3) is 2.99. The van der Waals surface area contributed by atoms with Crippen molar-refractivity contribution in [3.8, 4) is 39.7 Å². The van der Waals surface area contributed by atoms with Gasteiger partial charge in [0.2, 0.25) is 0 Å². The Morgan fingerprint density at radius 1 is 0.812 bits per heavy atom. The second kappa shape index (κ2) is 7.02. The molecule has 0 radical (unpaired) electrons. The van der Waals surface area contributed by atoms with Crippen molar-refractivity contribution in [2.24, 2.45) is 0 Å². The van der Waals surface area contributed by atoms with Crippen LogP contribution in [0.2, 0.25) is 0 Å². The molecule has 0 saturated heterocycles. The molecule has 32 heavy (non-hydrogen) atoms. The highest BCUT2D eigenvalue weighted by molar-refractivity contribution is 6.01. The molecule has 0 unspecified atom stereocenters. The predicted molar refractivity (Wildman–Crippen MR) is 121 cm³/mol. The maximum absolute atomic E-state index is 13.9. The zero-order valence-corrected chi connectivity index (χ0v) is 16.7. The van der Waals surface area contributed by atoms with E-state index in [0.717, 1.165) is 56.2 Å². The maximum Gasteiger partial charge on any atom is 0.127 e. The quantitative estimate of drug-likeness (QED) is 0.343. The van der Waals surface area contributed by atoms with Crippen LogP contribution < -0.4 is 0 Å². The summed E-state index contributed by atoms with van der Waals surface area (Å²) in [6.45, 7) is 0. The van der Waals surface area contributed by atoms with E-state index in [1.54, 1.807) is 18.5 Å². The fraction of sp³-hybridized carbons (Fsp3) is 0. The number of aromatic amines is 2. The molecule has 6 rings (SSSR count). The van der Waals surface area contributed by atoms with Gasteiger partial charge in [0.15, 0.2) is 0 Å². The molecule has 0 aliphatic carbocycles. The van der Waals surface area contributed by atoms with Crippen LogP contribution in [0.5, 0.6) is 5.75 Å². The van der Waals surface area contributed by atoms with E-state index in [1.165, 1.54) is 6.07 Å². The number of fused-ring (bicyclic) bond motifs is 2. The third-order valence-corrected chi connectivity index (χ3v) is 5.49. The molecule has 0 atom stereocenters. The SMILES string of the molecule is Oc1cc(F)cc(-c2cccc3[nH]c(-c4n[nH]c5cnc(-c6ccccn6)cc45)cc23)c1. The lowest BCUT2D eigenvalue weighted by Gasteiger charge is -2.05. The van der Waals surface area contributed by atoms with E-state index in [2.05, 4.69) is 25.1 Å². The Morgan fingerprint density at radius 2 is 1.75 bits per heavy atom. The number of nitrogens with zero attached hydrogens (tertiary/aromatic N) is 3. The summed E-state index contributed by atoms with van der Waals surface area (Å²) < 4.78 is 13.9. The average molecular weight is 421 g/mol. The Hall–Kier alpha value is -4.52. The standard InChI is InChI=1S/C25H16FN5O/c26-15-8-14(9-16(32)10-15)17-4-3-6-20-18(17)11-23(29-20)25-19-12-22(21-5-1-2-7-27-21)28-13-24(19)30-31-25/h1-13,29,32H,(H,30,31). The normalized spacial score (nSPS) is 11.4. The zero-order valence-electron chi connectivity index (χ0n) is 16.7. The van der Waals surface area contributed by atoms with E-state index < -0.39 is 5.82 Å². The first-order chi connectivity index (χ1) is 15.7. The minimum absolute atomic E-state index is 0.111. The number of phenols is 1. The monoisotopic (exact) mass is 421 g/mol. The average Bonchev–Trinajstić information content (AvgIpc) is 3.42. The van der Waals surface area contributed by atoms with E-state index in [-0.39, 0.29) is 5.75 Å². The van der Waals surface area contributed by atoms with Crippen molar-refractivity contribution in [2.75, 3.05) is 0 Å². The summed E-state index contributed by atoms with van der Waals surface area (Å²) in [5, 5.41) is 19.2. The second-order valence-electron chi connectivity index (χ2n) is 7.55. The van der Waals surface area contributed by atoms with E-state index in [9.17, 15) is 9.50 Å². The van der Waals surface area contributed by atoms with Crippen LogP contribution >= 0.6 is 0 Å². The van der Waals surface area contributed by atoms with Crippen LogP contribution in [-0.4, -0.2) is 30.3 Å². The number of pyridine rings is 2. The molecule has 4 heterocycles. The lowest BCUT2D eigenvalue weighted by Crippen LogP contribution is -1.86. The molecule has 6 aromatic rings. The number of H-pyrrole nitrogens is 2. The Bertz CT molecular complexity index is 1580. The van der Waals surface area contributed by atoms with Crippen molar-refractivity contribution < 1.29 is 9.50 Å². The van der Waals surface area contributed by atoms with Crippen molar-refractivity contribution >= 4 is 21.8 Å². The van der Waals surface area contributed by atoms with Gasteiger partial charge in [0.25, 0.3) is 0 Å². The minimum atomic E-state index is -0.486. The van der Waals surface area contributed by atoms with Gasteiger partial charge in [-0.1, -0.05) is 18.2 Å². The lowest BCUT2D eigenvalue weighted by molar-refractivity contribution is 0.469. The van der Waals surface area contributed by atoms with E-state index in [4.69, 9.17) is 0 Å². The summed E-state index contributed by atoms with van der Waals surface area (Å²) >= 11 is 0. The summed E-state index contributed by atoms with van der Waals surface area (Å²) in [6.07, 6.45) is 3.49. The summed E-state index contributed by atoms with van der Waals surface area (Å²) in [5.74, 6) is -0.596. The van der Waals surface area contributed by atoms with Crippen LogP contribution in [0.1, 0.15) is 0 Å². The minimum Gasteiger partial charge on any atom is -0.508 e. The van der Waals surface area contributed by atoms with E-state index in [1.807, 2.05) is 48.5 Å². The number of nitrogens with one attached hydrogen (secondary N) is 2. The number of halogens is 1. The largest absolute Gasteiger partial charge is 0.508 e. The smallest absolute Gasteiger partial charge is 0.127 e. The number of benzene rings is 2. The van der Waals surface area contributed by atoms with Crippen LogP contribution in [0.15, 0.2) is 79.1 Å². The van der Waals surface area contributed by atoms with Crippen LogP contribution in [0, 0.1) is 5.82 Å². The molecule has 3 N–H and O–H groups in total. The van der Waals surface area contributed by atoms with Gasteiger partial charge in [-0.25, -0.2) is 4.39 Å². The Labute approximate surface area is 181 Å². The van der Waals surface area contributed by atoms with Crippen LogP contribution in [0.25, 0.3) is 55.7 Å². The second-order valence-corrected chi connectivity index (χ2v) is 7.55. The highest BCUT2D eigenvalue weighted by atomic mass is 19.1. The molecule has 6 nitrogen and oxygen atoms in total. The topological polar surface area (TPSA) is 90.5 Å². The number of aromatic nitrogens is 5. The highest BCUT2D eigenvalue weighted by Crippen LogP contribution is 2.35. The van der Waals surface area contributed by atoms with Crippen molar-refractivity contribution in [2.45, 2.75) is 0 Å². The molecule has 7 heteroatoms. The number of hydrogen-bond acceptors (Lipinski definition) is 4. The predicted octanol–water partition coefficient (Wildman–Crippen LogP) is 5.68. The molecule has 4 aromatic heterocycles. The third-order valence-electron chi connectivity index (χ3n) is 5.49. The molecular weight excluding hydrogens is 405 g/mol. The van der Waals surface area contributed by atoms with Gasteiger partial charge in [-0.05, 0) is 53.6 Å². The Kier molecular flexibility index (Phi) is 4.01. The van der Waals surface area contributed by atoms with Gasteiger partial charge in [0.05, 0.1) is 28.8 Å². The van der Waals surface area contributed by atoms with Gasteiger partial charge >= 0.3 is 0 Å². The van der Waals surface area contributed by atoms with Crippen molar-refractivity contribution in [1.82, 2.24) is 25.1 Å². The zero-order chi connectivity index (χ0) is 21.7. The van der Waals surface area contributed by atoms with Crippen LogP contribution in [0.3, 0.4) is 0 Å². The van der Waals surface area contributed by atoms with Gasteiger partial charge in [0.1, 0.15) is 17.3 Å². The number of aromatic hydroxyl groups is 1. The number of phenolic OH excluding ortho intramolecular Hbond substituents is 1. The highest BCUT2D eigenvalue weighted by Gasteiger charge is 2.15. The fourth-order valence-electron chi connectivity index (χ4n) is 4.04. The molecule has 154 valence electrons. The molecule has 0 fully saturated rings. The fourth-order valence-corrected chi connectivity index (χ4v) is 4.04. The van der Waals surface area contributed by atoms with Crippen molar-refractivity contribution in [3.63, 3.8) is 0 Å². The molecule has 0 spiro atoms. The lowest BCUT2D eigenvalue weighted by atomic mass is 10.0. The first kappa shape index (κ1) is 18.3. The summed E-state index contributed by atoms with van der Waals surface area (Å²) in [6, 6.07) is 19.5. The number of rotatable bonds is 3.